The molecule has 1 rings (SSSR count). The Balaban J connectivity index is 2.70. The summed E-state index contributed by atoms with van der Waals surface area (Å²) in [4.78, 5) is 0. The molecular formula is C11H20. The van der Waals surface area contributed by atoms with E-state index in [9.17, 15) is 0 Å². The quantitative estimate of drug-likeness (QED) is 0.530. The Morgan fingerprint density at radius 2 is 1.82 bits per heavy atom. The molecule has 0 amide bonds. The first-order chi connectivity index (χ1) is 5.11. The molecule has 0 aromatic rings. The Morgan fingerprint density at radius 3 is 2.18 bits per heavy atom. The standard InChI is InChI=1S/C11H20/c1-5-9-7-8-11(3,4)10(9)6-2/h7-10H,5-6H2,1-4H3. The van der Waals surface area contributed by atoms with Crippen LogP contribution in [0, 0.1) is 17.3 Å². The van der Waals surface area contributed by atoms with Crippen LogP contribution in [0.4, 0.5) is 0 Å². The lowest BCUT2D eigenvalue weighted by atomic mass is 9.75. The molecule has 0 N–H and O–H groups in total. The van der Waals surface area contributed by atoms with Gasteiger partial charge in [-0.25, -0.2) is 0 Å². The van der Waals surface area contributed by atoms with Gasteiger partial charge in [0.15, 0.2) is 0 Å². The predicted octanol–water partition coefficient (Wildman–Crippen LogP) is 3.63. The van der Waals surface area contributed by atoms with Crippen LogP contribution in [0.2, 0.25) is 0 Å². The third-order valence-electron chi connectivity index (χ3n) is 3.16. The van der Waals surface area contributed by atoms with Crippen molar-refractivity contribution in [2.45, 2.75) is 40.5 Å². The summed E-state index contributed by atoms with van der Waals surface area (Å²) >= 11 is 0. The smallest absolute Gasteiger partial charge is 0.0141 e. The topological polar surface area (TPSA) is 0 Å². The Kier molecular flexibility index (Phi) is 2.41. The van der Waals surface area contributed by atoms with Crippen LogP contribution in [-0.2, 0) is 0 Å². The van der Waals surface area contributed by atoms with Gasteiger partial charge in [0.1, 0.15) is 0 Å². The molecule has 2 unspecified atom stereocenters. The minimum Gasteiger partial charge on any atom is -0.0846 e. The fourth-order valence-corrected chi connectivity index (χ4v) is 2.43. The van der Waals surface area contributed by atoms with E-state index >= 15 is 0 Å². The highest BCUT2D eigenvalue weighted by Crippen LogP contribution is 2.43. The molecule has 0 saturated carbocycles. The largest absolute Gasteiger partial charge is 0.0846 e. The van der Waals surface area contributed by atoms with Crippen molar-refractivity contribution in [3.63, 3.8) is 0 Å². The van der Waals surface area contributed by atoms with Crippen molar-refractivity contribution in [2.75, 3.05) is 0 Å². The van der Waals surface area contributed by atoms with Gasteiger partial charge in [-0.1, -0.05) is 46.3 Å². The Labute approximate surface area is 70.7 Å². The Bertz CT molecular complexity index is 153. The molecule has 0 spiro atoms. The average molecular weight is 152 g/mol. The van der Waals surface area contributed by atoms with Gasteiger partial charge in [0.05, 0.1) is 0 Å². The molecule has 1 aliphatic carbocycles. The first kappa shape index (κ1) is 8.83. The first-order valence-corrected chi connectivity index (χ1v) is 4.81. The Morgan fingerprint density at radius 1 is 1.18 bits per heavy atom. The molecule has 64 valence electrons. The van der Waals surface area contributed by atoms with E-state index in [-0.39, 0.29) is 0 Å². The lowest BCUT2D eigenvalue weighted by molar-refractivity contribution is 0.234. The predicted molar refractivity (Wildman–Crippen MR) is 50.5 cm³/mol. The third kappa shape index (κ3) is 1.50. The number of hydrogen-bond donors (Lipinski definition) is 0. The Hall–Kier alpha value is -0.260. The van der Waals surface area contributed by atoms with Gasteiger partial charge in [-0.15, -0.1) is 0 Å². The molecule has 0 aromatic heterocycles. The fraction of sp³-hybridized carbons (Fsp3) is 0.818. The molecule has 0 saturated heterocycles. The minimum absolute atomic E-state index is 0.454. The van der Waals surface area contributed by atoms with Crippen molar-refractivity contribution in [1.82, 2.24) is 0 Å². The highest BCUT2D eigenvalue weighted by Gasteiger charge is 2.34. The van der Waals surface area contributed by atoms with Crippen molar-refractivity contribution < 1.29 is 0 Å². The minimum atomic E-state index is 0.454. The number of rotatable bonds is 2. The molecule has 2 atom stereocenters. The highest BCUT2D eigenvalue weighted by atomic mass is 14.4. The highest BCUT2D eigenvalue weighted by molar-refractivity contribution is 5.10. The third-order valence-corrected chi connectivity index (χ3v) is 3.16. The van der Waals surface area contributed by atoms with Crippen molar-refractivity contribution in [3.8, 4) is 0 Å². The van der Waals surface area contributed by atoms with Crippen LogP contribution in [-0.4, -0.2) is 0 Å². The van der Waals surface area contributed by atoms with Crippen LogP contribution in [0.3, 0.4) is 0 Å². The van der Waals surface area contributed by atoms with Crippen molar-refractivity contribution in [3.05, 3.63) is 12.2 Å². The summed E-state index contributed by atoms with van der Waals surface area (Å²) in [5.41, 5.74) is 0.454. The molecule has 1 aliphatic rings. The van der Waals surface area contributed by atoms with Gasteiger partial charge in [-0.2, -0.15) is 0 Å². The molecule has 0 aromatic carbocycles. The molecule has 0 heterocycles. The van der Waals surface area contributed by atoms with Crippen LogP contribution in [0.15, 0.2) is 12.2 Å². The summed E-state index contributed by atoms with van der Waals surface area (Å²) in [6.45, 7) is 9.31. The van der Waals surface area contributed by atoms with Gasteiger partial charge in [0.25, 0.3) is 0 Å². The van der Waals surface area contributed by atoms with Gasteiger partial charge < -0.3 is 0 Å². The molecule has 0 radical (unpaired) electrons. The van der Waals surface area contributed by atoms with E-state index in [1.807, 2.05) is 0 Å². The van der Waals surface area contributed by atoms with E-state index in [1.54, 1.807) is 0 Å². The molecule has 0 bridgehead atoms. The number of hydrogen-bond acceptors (Lipinski definition) is 0. The zero-order valence-corrected chi connectivity index (χ0v) is 8.22. The van der Waals surface area contributed by atoms with Gasteiger partial charge in [0.2, 0.25) is 0 Å². The van der Waals surface area contributed by atoms with Crippen LogP contribution in [0.5, 0.6) is 0 Å². The zero-order valence-electron chi connectivity index (χ0n) is 8.22. The average Bonchev–Trinajstić information content (AvgIpc) is 2.24. The van der Waals surface area contributed by atoms with Crippen LogP contribution in [0.25, 0.3) is 0 Å². The molecule has 0 heteroatoms. The second kappa shape index (κ2) is 3.00. The van der Waals surface area contributed by atoms with E-state index in [0.717, 1.165) is 11.8 Å². The maximum Gasteiger partial charge on any atom is -0.0141 e. The van der Waals surface area contributed by atoms with Crippen LogP contribution in [0.1, 0.15) is 40.5 Å². The van der Waals surface area contributed by atoms with Crippen LogP contribution < -0.4 is 0 Å². The second-order valence-electron chi connectivity index (χ2n) is 4.27. The maximum absolute atomic E-state index is 2.41. The SMILES string of the molecule is CCC1C=CC(C)(C)C1CC. The van der Waals surface area contributed by atoms with E-state index < -0.39 is 0 Å². The summed E-state index contributed by atoms with van der Waals surface area (Å²) in [5, 5.41) is 0. The molecule has 11 heavy (non-hydrogen) atoms. The molecule has 0 nitrogen and oxygen atoms in total. The maximum atomic E-state index is 2.41. The van der Waals surface area contributed by atoms with E-state index in [2.05, 4.69) is 39.8 Å². The van der Waals surface area contributed by atoms with E-state index in [4.69, 9.17) is 0 Å². The van der Waals surface area contributed by atoms with E-state index in [1.165, 1.54) is 12.8 Å². The summed E-state index contributed by atoms with van der Waals surface area (Å²) < 4.78 is 0. The number of allylic oxidation sites excluding steroid dienone is 2. The monoisotopic (exact) mass is 152 g/mol. The van der Waals surface area contributed by atoms with E-state index in [0.29, 0.717) is 5.41 Å². The fourth-order valence-electron chi connectivity index (χ4n) is 2.43. The lowest BCUT2D eigenvalue weighted by Gasteiger charge is -2.29. The zero-order chi connectivity index (χ0) is 8.48. The molecule has 0 aliphatic heterocycles. The van der Waals surface area contributed by atoms with Crippen LogP contribution >= 0.6 is 0 Å². The van der Waals surface area contributed by atoms with Crippen molar-refractivity contribution in [1.29, 1.82) is 0 Å². The van der Waals surface area contributed by atoms with Crippen molar-refractivity contribution in [2.24, 2.45) is 17.3 Å². The molecule has 0 fully saturated rings. The lowest BCUT2D eigenvalue weighted by Crippen LogP contribution is -2.21. The normalized spacial score (nSPS) is 34.5. The van der Waals surface area contributed by atoms with Crippen molar-refractivity contribution >= 4 is 0 Å². The van der Waals surface area contributed by atoms with Gasteiger partial charge in [-0.3, -0.25) is 0 Å². The first-order valence-electron chi connectivity index (χ1n) is 4.81. The van der Waals surface area contributed by atoms with Gasteiger partial charge in [0, 0.05) is 0 Å². The summed E-state index contributed by atoms with van der Waals surface area (Å²) in [7, 11) is 0. The van der Waals surface area contributed by atoms with Gasteiger partial charge >= 0.3 is 0 Å². The van der Waals surface area contributed by atoms with Gasteiger partial charge in [-0.05, 0) is 23.7 Å². The summed E-state index contributed by atoms with van der Waals surface area (Å²) in [6.07, 6.45) is 7.43. The second-order valence-corrected chi connectivity index (χ2v) is 4.27. The molecular weight excluding hydrogens is 132 g/mol. The summed E-state index contributed by atoms with van der Waals surface area (Å²) in [5.74, 6) is 1.72. The summed E-state index contributed by atoms with van der Waals surface area (Å²) in [6, 6.07) is 0.